The zero-order valence-corrected chi connectivity index (χ0v) is 56.6. The van der Waals surface area contributed by atoms with Crippen molar-refractivity contribution in [2.75, 3.05) is 47.5 Å². The average Bonchev–Trinajstić information content (AvgIpc) is 3.56. The third-order valence-electron chi connectivity index (χ3n) is 14.4. The largest absolute Gasteiger partial charge is 0.756 e. The molecule has 9 nitrogen and oxygen atoms in total. The number of esters is 2. The molecule has 0 saturated carbocycles. The molecule has 0 fully saturated rings. The van der Waals surface area contributed by atoms with E-state index in [0.717, 1.165) is 122 Å². The number of hydrogen-bond acceptors (Lipinski definition) is 8. The summed E-state index contributed by atoms with van der Waals surface area (Å²) in [5.74, 6) is -0.842. The van der Waals surface area contributed by atoms with E-state index < -0.39 is 26.5 Å². The first kappa shape index (κ1) is 81.9. The van der Waals surface area contributed by atoms with Crippen LogP contribution in [0.1, 0.15) is 271 Å². The van der Waals surface area contributed by atoms with E-state index in [2.05, 4.69) is 160 Å². The zero-order valence-electron chi connectivity index (χ0n) is 55.7. The lowest BCUT2D eigenvalue weighted by atomic mass is 10.0. The molecule has 0 aliphatic heterocycles. The first-order chi connectivity index (χ1) is 42.0. The minimum atomic E-state index is -4.65. The third-order valence-corrected chi connectivity index (χ3v) is 15.3. The van der Waals surface area contributed by atoms with Gasteiger partial charge in [0, 0.05) is 12.8 Å². The summed E-state index contributed by atoms with van der Waals surface area (Å²) in [7, 11) is 1.15. The quantitative estimate of drug-likeness (QED) is 0.0195. The topological polar surface area (TPSA) is 111 Å². The number of likely N-dealkylation sites (N-methyl/N-ethyl adjacent to an activating group) is 1. The van der Waals surface area contributed by atoms with E-state index in [9.17, 15) is 19.0 Å². The SMILES string of the molecule is CC/C=C\C/C=C\C/C=C\C/C=C\C/C=C\C/C=C\C/C=C\C/C=C\CCCCCCCCCCCCC(=O)OC(COC(=O)CCCCCCCCCCCCCCCC/C=C\C/C=C\C/C=C\C/C=C\CC)COP(=O)([O-])OCC[N+](C)(C)C. The Hall–Kier alpha value is -4.11. The molecule has 0 aromatic rings. The minimum Gasteiger partial charge on any atom is -0.756 e. The number of nitrogens with zero attached hydrogens (tertiary/aromatic N) is 1. The van der Waals surface area contributed by atoms with Gasteiger partial charge in [-0.1, -0.05) is 288 Å². The van der Waals surface area contributed by atoms with E-state index in [1.165, 1.54) is 116 Å². The molecular formula is C76H128NO8P. The van der Waals surface area contributed by atoms with E-state index in [1.807, 2.05) is 21.1 Å². The Morgan fingerprint density at radius 3 is 0.930 bits per heavy atom. The fourth-order valence-electron chi connectivity index (χ4n) is 9.14. The summed E-state index contributed by atoms with van der Waals surface area (Å²) in [5.41, 5.74) is 0. The lowest BCUT2D eigenvalue weighted by Gasteiger charge is -2.28. The molecule has 0 bridgehead atoms. The van der Waals surface area contributed by atoms with Crippen molar-refractivity contribution in [3.63, 3.8) is 0 Å². The zero-order chi connectivity index (χ0) is 62.6. The number of carbonyl (C=O) groups is 2. The van der Waals surface area contributed by atoms with Gasteiger partial charge < -0.3 is 27.9 Å². The highest BCUT2D eigenvalue weighted by Gasteiger charge is 2.22. The number of unbranched alkanes of at least 4 members (excludes halogenated alkanes) is 24. The van der Waals surface area contributed by atoms with Crippen LogP contribution in [0, 0.1) is 0 Å². The van der Waals surface area contributed by atoms with Gasteiger partial charge >= 0.3 is 11.9 Å². The van der Waals surface area contributed by atoms with Crippen LogP contribution in [0.2, 0.25) is 0 Å². The van der Waals surface area contributed by atoms with Gasteiger partial charge in [-0.15, -0.1) is 0 Å². The Labute approximate surface area is 529 Å². The van der Waals surface area contributed by atoms with Gasteiger partial charge in [0.05, 0.1) is 27.7 Å². The van der Waals surface area contributed by atoms with Crippen molar-refractivity contribution < 1.29 is 42.1 Å². The van der Waals surface area contributed by atoms with Crippen molar-refractivity contribution in [2.45, 2.75) is 277 Å². The van der Waals surface area contributed by atoms with Crippen LogP contribution in [-0.2, 0) is 32.7 Å². The summed E-state index contributed by atoms with van der Waals surface area (Å²) in [5, 5.41) is 0. The van der Waals surface area contributed by atoms with Crippen LogP contribution in [0.4, 0.5) is 0 Å². The Balaban J connectivity index is 4.11. The van der Waals surface area contributed by atoms with E-state index in [1.54, 1.807) is 0 Å². The van der Waals surface area contributed by atoms with Gasteiger partial charge in [0.1, 0.15) is 19.8 Å². The molecule has 0 aromatic heterocycles. The number of rotatable bonds is 62. The molecule has 86 heavy (non-hydrogen) atoms. The molecule has 0 radical (unpaired) electrons. The second-order valence-corrected chi connectivity index (χ2v) is 25.2. The fraction of sp³-hybridized carbons (Fsp3) is 0.658. The highest BCUT2D eigenvalue weighted by molar-refractivity contribution is 7.45. The van der Waals surface area contributed by atoms with Gasteiger partial charge in [-0.2, -0.15) is 0 Å². The molecule has 0 aliphatic carbocycles. The van der Waals surface area contributed by atoms with Crippen molar-refractivity contribution in [3.8, 4) is 0 Å². The average molecular weight is 1210 g/mol. The van der Waals surface area contributed by atoms with Crippen molar-refractivity contribution in [2.24, 2.45) is 0 Å². The van der Waals surface area contributed by atoms with Crippen molar-refractivity contribution >= 4 is 19.8 Å². The molecule has 0 aromatic carbocycles. The molecule has 0 amide bonds. The summed E-state index contributed by atoms with van der Waals surface area (Å²) < 4.78 is 34.3. The van der Waals surface area contributed by atoms with Crippen LogP contribution in [0.15, 0.2) is 146 Å². The first-order valence-electron chi connectivity index (χ1n) is 34.5. The van der Waals surface area contributed by atoms with E-state index in [4.69, 9.17) is 18.5 Å². The molecule has 0 spiro atoms. The van der Waals surface area contributed by atoms with Crippen LogP contribution < -0.4 is 4.89 Å². The smallest absolute Gasteiger partial charge is 0.306 e. The number of phosphoric acid groups is 1. The number of phosphoric ester groups is 1. The van der Waals surface area contributed by atoms with Gasteiger partial charge in [0.25, 0.3) is 7.82 Å². The first-order valence-corrected chi connectivity index (χ1v) is 36.0. The lowest BCUT2D eigenvalue weighted by Crippen LogP contribution is -2.37. The highest BCUT2D eigenvalue weighted by Crippen LogP contribution is 2.38. The maximum absolute atomic E-state index is 12.9. The van der Waals surface area contributed by atoms with Gasteiger partial charge in [-0.3, -0.25) is 14.2 Å². The standard InChI is InChI=1S/C76H128NO8P/c1-6-8-10-12-14-16-18-20-22-24-26-28-30-32-34-35-36-37-38-39-40-41-43-45-47-49-51-53-55-57-59-61-63-65-67-69-76(79)85-74(73-84-86(80,81)83-71-70-77(3,4)5)72-82-75(78)68-66-64-62-60-58-56-54-52-50-48-46-44-42-33-31-29-27-25-23-21-19-17-15-13-11-9-7-2/h8-11,14-17,20-23,26-29,32,34,36-37,39-40,43,45,74H,6-7,12-13,18-19,24-25,30-31,33,35,38,41-42,44,46-73H2,1-5H3/b10-8-,11-9-,16-14-,17-15-,22-20-,23-21-,28-26-,29-27-,34-32-,37-36-,40-39-,45-43-. The van der Waals surface area contributed by atoms with Crippen LogP contribution in [0.25, 0.3) is 0 Å². The van der Waals surface area contributed by atoms with Crippen molar-refractivity contribution in [1.29, 1.82) is 0 Å². The number of hydrogen-bond donors (Lipinski definition) is 0. The van der Waals surface area contributed by atoms with E-state index in [-0.39, 0.29) is 32.0 Å². The number of quaternary nitrogens is 1. The fourth-order valence-corrected chi connectivity index (χ4v) is 9.86. The van der Waals surface area contributed by atoms with Gasteiger partial charge in [0.2, 0.25) is 0 Å². The Bertz CT molecular complexity index is 1960. The molecule has 0 aliphatic rings. The van der Waals surface area contributed by atoms with Gasteiger partial charge in [-0.05, 0) is 116 Å². The third kappa shape index (κ3) is 69.0. The van der Waals surface area contributed by atoms with Crippen molar-refractivity contribution in [1.82, 2.24) is 0 Å². The highest BCUT2D eigenvalue weighted by atomic mass is 31.2. The second kappa shape index (κ2) is 65.3. The summed E-state index contributed by atoms with van der Waals surface area (Å²) in [6, 6.07) is 0. The summed E-state index contributed by atoms with van der Waals surface area (Å²) in [4.78, 5) is 38.1. The Morgan fingerprint density at radius 1 is 0.360 bits per heavy atom. The predicted octanol–water partition coefficient (Wildman–Crippen LogP) is 22.0. The minimum absolute atomic E-state index is 0.0381. The van der Waals surface area contributed by atoms with Crippen LogP contribution in [0.5, 0.6) is 0 Å². The monoisotopic (exact) mass is 1210 g/mol. The molecule has 490 valence electrons. The molecule has 2 atom stereocenters. The maximum Gasteiger partial charge on any atom is 0.306 e. The number of allylic oxidation sites excluding steroid dienone is 24. The molecule has 10 heteroatoms. The molecule has 0 rings (SSSR count). The summed E-state index contributed by atoms with van der Waals surface area (Å²) >= 11 is 0. The number of carbonyl (C=O) groups excluding carboxylic acids is 2. The van der Waals surface area contributed by atoms with Gasteiger partial charge in [-0.25, -0.2) is 0 Å². The number of ether oxygens (including phenoxy) is 2. The van der Waals surface area contributed by atoms with Crippen LogP contribution in [0.3, 0.4) is 0 Å². The van der Waals surface area contributed by atoms with Crippen molar-refractivity contribution in [3.05, 3.63) is 146 Å². The van der Waals surface area contributed by atoms with Crippen LogP contribution >= 0.6 is 7.82 Å². The molecule has 0 saturated heterocycles. The summed E-state index contributed by atoms with van der Waals surface area (Å²) in [6.45, 7) is 4.01. The Morgan fingerprint density at radius 2 is 0.628 bits per heavy atom. The van der Waals surface area contributed by atoms with Gasteiger partial charge in [0.15, 0.2) is 6.10 Å². The molecule has 0 heterocycles. The Kier molecular flexibility index (Phi) is 62.2. The normalized spacial score (nSPS) is 14.1. The molecular weight excluding hydrogens is 1090 g/mol. The summed E-state index contributed by atoms with van der Waals surface area (Å²) in [6.07, 6.45) is 96.3. The molecule has 2 unspecified atom stereocenters. The second-order valence-electron chi connectivity index (χ2n) is 23.8. The predicted molar refractivity (Wildman–Crippen MR) is 369 cm³/mol. The van der Waals surface area contributed by atoms with E-state index >= 15 is 0 Å². The maximum atomic E-state index is 12.9. The molecule has 0 N–H and O–H groups in total. The van der Waals surface area contributed by atoms with E-state index in [0.29, 0.717) is 17.4 Å². The lowest BCUT2D eigenvalue weighted by molar-refractivity contribution is -0.870. The van der Waals surface area contributed by atoms with Crippen LogP contribution in [-0.4, -0.2) is 70.0 Å².